The fraction of sp³-hybridized carbons (Fsp3) is 0.364. The van der Waals surface area contributed by atoms with Gasteiger partial charge in [-0.15, -0.1) is 0 Å². The standard InChI is InChI=1S/C11H13ClN2O/c1-11(6-7-13-10(15)14-11)8-2-4-9(12)5-3-8/h2-5H,6-7H2,1H3,(H2,13,14,15). The molecular formula is C11H13ClN2O. The fourth-order valence-electron chi connectivity index (χ4n) is 1.82. The Hall–Kier alpha value is -1.22. The average molecular weight is 225 g/mol. The van der Waals surface area contributed by atoms with Crippen LogP contribution < -0.4 is 10.6 Å². The quantitative estimate of drug-likeness (QED) is 0.755. The van der Waals surface area contributed by atoms with Crippen molar-refractivity contribution in [1.82, 2.24) is 10.6 Å². The summed E-state index contributed by atoms with van der Waals surface area (Å²) in [5.74, 6) is 0. The van der Waals surface area contributed by atoms with Gasteiger partial charge < -0.3 is 10.6 Å². The van der Waals surface area contributed by atoms with Gasteiger partial charge in [0.2, 0.25) is 0 Å². The van der Waals surface area contributed by atoms with Crippen molar-refractivity contribution < 1.29 is 4.79 Å². The molecule has 1 unspecified atom stereocenters. The topological polar surface area (TPSA) is 41.1 Å². The van der Waals surface area contributed by atoms with Crippen molar-refractivity contribution in [3.63, 3.8) is 0 Å². The van der Waals surface area contributed by atoms with Gasteiger partial charge in [-0.3, -0.25) is 0 Å². The van der Waals surface area contributed by atoms with Gasteiger partial charge in [0.1, 0.15) is 0 Å². The van der Waals surface area contributed by atoms with E-state index in [1.54, 1.807) is 0 Å². The zero-order chi connectivity index (χ0) is 10.9. The second-order valence-corrected chi connectivity index (χ2v) is 4.41. The Morgan fingerprint density at radius 3 is 2.60 bits per heavy atom. The molecule has 15 heavy (non-hydrogen) atoms. The first kappa shape index (κ1) is 10.3. The highest BCUT2D eigenvalue weighted by Crippen LogP contribution is 2.27. The predicted octanol–water partition coefficient (Wildman–Crippen LogP) is 2.26. The van der Waals surface area contributed by atoms with Crippen molar-refractivity contribution in [3.05, 3.63) is 34.9 Å². The maximum atomic E-state index is 11.3. The summed E-state index contributed by atoms with van der Waals surface area (Å²) in [4.78, 5) is 11.3. The first-order valence-corrected chi connectivity index (χ1v) is 5.30. The van der Waals surface area contributed by atoms with E-state index >= 15 is 0 Å². The van der Waals surface area contributed by atoms with E-state index < -0.39 is 0 Å². The lowest BCUT2D eigenvalue weighted by molar-refractivity contribution is 0.211. The number of amides is 2. The summed E-state index contributed by atoms with van der Waals surface area (Å²) in [6.45, 7) is 2.72. The highest BCUT2D eigenvalue weighted by molar-refractivity contribution is 6.30. The van der Waals surface area contributed by atoms with Crippen LogP contribution in [0.25, 0.3) is 0 Å². The number of carbonyl (C=O) groups excluding carboxylic acids is 1. The number of hydrogen-bond acceptors (Lipinski definition) is 1. The van der Waals surface area contributed by atoms with Crippen LogP contribution in [0.5, 0.6) is 0 Å². The third-order valence-electron chi connectivity index (χ3n) is 2.78. The van der Waals surface area contributed by atoms with Crippen molar-refractivity contribution in [1.29, 1.82) is 0 Å². The highest BCUT2D eigenvalue weighted by atomic mass is 35.5. The molecule has 1 saturated heterocycles. The van der Waals surface area contributed by atoms with Crippen LogP contribution in [0.15, 0.2) is 24.3 Å². The maximum Gasteiger partial charge on any atom is 0.315 e. The van der Waals surface area contributed by atoms with Crippen LogP contribution in [0.3, 0.4) is 0 Å². The summed E-state index contributed by atoms with van der Waals surface area (Å²) in [6, 6.07) is 7.48. The SMILES string of the molecule is CC1(c2ccc(Cl)cc2)CCNC(=O)N1. The monoisotopic (exact) mass is 224 g/mol. The second kappa shape index (κ2) is 3.74. The van der Waals surface area contributed by atoms with Crippen LogP contribution in [0.2, 0.25) is 5.02 Å². The van der Waals surface area contributed by atoms with E-state index in [1.807, 2.05) is 31.2 Å². The summed E-state index contributed by atoms with van der Waals surface area (Å²) in [7, 11) is 0. The molecule has 0 saturated carbocycles. The van der Waals surface area contributed by atoms with E-state index in [2.05, 4.69) is 10.6 Å². The number of halogens is 1. The number of urea groups is 1. The Kier molecular flexibility index (Phi) is 2.57. The lowest BCUT2D eigenvalue weighted by atomic mass is 9.87. The lowest BCUT2D eigenvalue weighted by Crippen LogP contribution is -2.54. The third-order valence-corrected chi connectivity index (χ3v) is 3.03. The number of benzene rings is 1. The second-order valence-electron chi connectivity index (χ2n) is 3.97. The number of hydrogen-bond donors (Lipinski definition) is 2. The minimum absolute atomic E-state index is 0.112. The number of nitrogens with one attached hydrogen (secondary N) is 2. The molecule has 0 bridgehead atoms. The molecule has 1 heterocycles. The maximum absolute atomic E-state index is 11.3. The molecule has 1 aliphatic heterocycles. The minimum Gasteiger partial charge on any atom is -0.338 e. The molecule has 1 aromatic carbocycles. The molecule has 1 fully saturated rings. The van der Waals surface area contributed by atoms with Crippen molar-refractivity contribution in [3.8, 4) is 0 Å². The molecule has 1 aliphatic rings. The molecule has 0 aliphatic carbocycles. The molecule has 80 valence electrons. The van der Waals surface area contributed by atoms with Crippen LogP contribution in [-0.2, 0) is 5.54 Å². The molecule has 0 radical (unpaired) electrons. The van der Waals surface area contributed by atoms with Gasteiger partial charge in [-0.2, -0.15) is 0 Å². The molecule has 0 spiro atoms. The normalized spacial score (nSPS) is 25.6. The molecule has 3 nitrogen and oxygen atoms in total. The van der Waals surface area contributed by atoms with Crippen molar-refractivity contribution in [2.24, 2.45) is 0 Å². The van der Waals surface area contributed by atoms with Crippen LogP contribution >= 0.6 is 11.6 Å². The molecule has 0 aromatic heterocycles. The van der Waals surface area contributed by atoms with Gasteiger partial charge >= 0.3 is 6.03 Å². The van der Waals surface area contributed by atoms with Gasteiger partial charge in [0.25, 0.3) is 0 Å². The zero-order valence-corrected chi connectivity index (χ0v) is 9.27. The molecule has 4 heteroatoms. The van der Waals surface area contributed by atoms with E-state index in [9.17, 15) is 4.79 Å². The van der Waals surface area contributed by atoms with Crippen LogP contribution in [0, 0.1) is 0 Å². The van der Waals surface area contributed by atoms with E-state index in [1.165, 1.54) is 0 Å². The minimum atomic E-state index is -0.285. The van der Waals surface area contributed by atoms with Gasteiger partial charge in [-0.25, -0.2) is 4.79 Å². The van der Waals surface area contributed by atoms with E-state index in [0.29, 0.717) is 11.6 Å². The average Bonchev–Trinajstić information content (AvgIpc) is 2.18. The van der Waals surface area contributed by atoms with E-state index in [4.69, 9.17) is 11.6 Å². The molecular weight excluding hydrogens is 212 g/mol. The Bertz CT molecular complexity index is 377. The highest BCUT2D eigenvalue weighted by Gasteiger charge is 2.31. The van der Waals surface area contributed by atoms with Gasteiger partial charge in [0.05, 0.1) is 5.54 Å². The summed E-state index contributed by atoms with van der Waals surface area (Å²) in [5.41, 5.74) is 0.800. The number of rotatable bonds is 1. The summed E-state index contributed by atoms with van der Waals surface area (Å²) >= 11 is 5.82. The van der Waals surface area contributed by atoms with Crippen LogP contribution in [-0.4, -0.2) is 12.6 Å². The van der Waals surface area contributed by atoms with Gasteiger partial charge in [-0.1, -0.05) is 23.7 Å². The fourth-order valence-corrected chi connectivity index (χ4v) is 1.94. The van der Waals surface area contributed by atoms with Crippen molar-refractivity contribution >= 4 is 17.6 Å². The van der Waals surface area contributed by atoms with E-state index in [-0.39, 0.29) is 11.6 Å². The molecule has 2 amide bonds. The Labute approximate surface area is 93.8 Å². The van der Waals surface area contributed by atoms with Gasteiger partial charge in [-0.05, 0) is 31.0 Å². The summed E-state index contributed by atoms with van der Waals surface area (Å²) < 4.78 is 0. The van der Waals surface area contributed by atoms with Crippen LogP contribution in [0.1, 0.15) is 18.9 Å². The Morgan fingerprint density at radius 2 is 2.00 bits per heavy atom. The Balaban J connectivity index is 2.28. The summed E-state index contributed by atoms with van der Waals surface area (Å²) in [6.07, 6.45) is 0.875. The number of carbonyl (C=O) groups is 1. The predicted molar refractivity (Wildman–Crippen MR) is 60.0 cm³/mol. The molecule has 1 atom stereocenters. The molecule has 2 rings (SSSR count). The smallest absolute Gasteiger partial charge is 0.315 e. The first-order chi connectivity index (χ1) is 7.10. The Morgan fingerprint density at radius 1 is 1.33 bits per heavy atom. The van der Waals surface area contributed by atoms with Gasteiger partial charge in [0.15, 0.2) is 0 Å². The summed E-state index contributed by atoms with van der Waals surface area (Å²) in [5, 5.41) is 6.39. The van der Waals surface area contributed by atoms with Crippen molar-refractivity contribution in [2.75, 3.05) is 6.54 Å². The molecule has 2 N–H and O–H groups in total. The van der Waals surface area contributed by atoms with E-state index in [0.717, 1.165) is 12.0 Å². The van der Waals surface area contributed by atoms with Crippen molar-refractivity contribution in [2.45, 2.75) is 18.9 Å². The zero-order valence-electron chi connectivity index (χ0n) is 8.51. The van der Waals surface area contributed by atoms with Crippen LogP contribution in [0.4, 0.5) is 4.79 Å². The first-order valence-electron chi connectivity index (χ1n) is 4.92. The van der Waals surface area contributed by atoms with Gasteiger partial charge in [0, 0.05) is 11.6 Å². The molecule has 1 aromatic rings. The lowest BCUT2D eigenvalue weighted by Gasteiger charge is -2.35. The largest absolute Gasteiger partial charge is 0.338 e. The third kappa shape index (κ3) is 2.07.